The minimum Gasteiger partial charge on any atom is -0.375 e. The molecule has 4 heterocycles. The number of nitrogens with one attached hydrogen (secondary N) is 2. The number of anilines is 2. The summed E-state index contributed by atoms with van der Waals surface area (Å²) < 4.78 is 48.4. The lowest BCUT2D eigenvalue weighted by atomic mass is 9.83. The molecule has 10 nitrogen and oxygen atoms in total. The van der Waals surface area contributed by atoms with Crippen molar-refractivity contribution in [3.8, 4) is 0 Å². The van der Waals surface area contributed by atoms with E-state index in [1.807, 2.05) is 18.7 Å². The Kier molecular flexibility index (Phi) is 8.22. The van der Waals surface area contributed by atoms with E-state index in [2.05, 4.69) is 21.8 Å². The van der Waals surface area contributed by atoms with Crippen LogP contribution in [-0.4, -0.2) is 63.0 Å². The summed E-state index contributed by atoms with van der Waals surface area (Å²) in [5, 5.41) is 10.4. The molecule has 14 heteroatoms. The number of benzene rings is 1. The Morgan fingerprint density at radius 3 is 2.75 bits per heavy atom. The van der Waals surface area contributed by atoms with Crippen molar-refractivity contribution in [2.75, 3.05) is 36.5 Å². The van der Waals surface area contributed by atoms with Crippen LogP contribution in [0.3, 0.4) is 0 Å². The first-order chi connectivity index (χ1) is 21.0. The van der Waals surface area contributed by atoms with E-state index in [4.69, 9.17) is 21.3 Å². The standard InChI is InChI=1S/C30H35ClF3N7O3/c1-3-23-25(39-13-12-35-18(2)16-39)27(43)41-28(37-26(38-41)19-7-10-29(11-8-19)9-4-14-44-29)40(23)17-24(42)36-22-6-5-20(15-21(22)31)30(32,33)34/h5-7,15,18,35H,3-4,8-14,16-17H2,1-2H3,(H,36,42)/t18-,29?/m1/s1. The van der Waals surface area contributed by atoms with Crippen LogP contribution in [0.2, 0.25) is 5.02 Å². The van der Waals surface area contributed by atoms with Crippen molar-refractivity contribution in [1.29, 1.82) is 0 Å². The number of piperazine rings is 1. The number of amides is 1. The second-order valence-electron chi connectivity index (χ2n) is 11.8. The van der Waals surface area contributed by atoms with Gasteiger partial charge in [-0.3, -0.25) is 9.59 Å². The number of carbonyl (C=O) groups excluding carboxylic acids is 1. The van der Waals surface area contributed by atoms with Gasteiger partial charge in [0.05, 0.1) is 27.6 Å². The van der Waals surface area contributed by atoms with Crippen LogP contribution in [0.25, 0.3) is 11.4 Å². The van der Waals surface area contributed by atoms with Crippen molar-refractivity contribution in [3.05, 3.63) is 56.7 Å². The van der Waals surface area contributed by atoms with Crippen molar-refractivity contribution in [2.24, 2.45) is 0 Å². The van der Waals surface area contributed by atoms with Crippen LogP contribution in [0.1, 0.15) is 63.0 Å². The first-order valence-electron chi connectivity index (χ1n) is 15.0. The molecule has 0 saturated carbocycles. The van der Waals surface area contributed by atoms with Gasteiger partial charge in [-0.2, -0.15) is 22.7 Å². The highest BCUT2D eigenvalue weighted by Crippen LogP contribution is 2.40. The highest BCUT2D eigenvalue weighted by atomic mass is 35.5. The number of nitrogens with zero attached hydrogens (tertiary/aromatic N) is 5. The fraction of sp³-hybridized carbons (Fsp3) is 0.533. The highest BCUT2D eigenvalue weighted by molar-refractivity contribution is 6.33. The lowest BCUT2D eigenvalue weighted by Gasteiger charge is -2.34. The Morgan fingerprint density at radius 2 is 2.11 bits per heavy atom. The number of carbonyl (C=O) groups is 1. The molecular formula is C30H35ClF3N7O3. The molecule has 2 N–H and O–H groups in total. The molecule has 2 aromatic heterocycles. The van der Waals surface area contributed by atoms with Crippen LogP contribution >= 0.6 is 11.6 Å². The largest absolute Gasteiger partial charge is 0.416 e. The van der Waals surface area contributed by atoms with Gasteiger partial charge in [-0.15, -0.1) is 5.10 Å². The van der Waals surface area contributed by atoms with Gasteiger partial charge in [0.1, 0.15) is 12.2 Å². The van der Waals surface area contributed by atoms with Crippen LogP contribution in [0.15, 0.2) is 29.1 Å². The first kappa shape index (κ1) is 30.6. The summed E-state index contributed by atoms with van der Waals surface area (Å²) >= 11 is 6.11. The van der Waals surface area contributed by atoms with Gasteiger partial charge in [-0.25, -0.2) is 0 Å². The van der Waals surface area contributed by atoms with E-state index in [0.717, 1.165) is 56.1 Å². The van der Waals surface area contributed by atoms with Crippen molar-refractivity contribution in [3.63, 3.8) is 0 Å². The molecule has 1 unspecified atom stereocenters. The number of rotatable bonds is 6. The van der Waals surface area contributed by atoms with E-state index in [1.54, 1.807) is 4.57 Å². The van der Waals surface area contributed by atoms with Crippen LogP contribution in [0.4, 0.5) is 24.5 Å². The van der Waals surface area contributed by atoms with Crippen molar-refractivity contribution < 1.29 is 22.7 Å². The second kappa shape index (κ2) is 11.8. The third-order valence-electron chi connectivity index (χ3n) is 8.76. The number of hydrogen-bond donors (Lipinski definition) is 2. The van der Waals surface area contributed by atoms with Gasteiger partial charge in [0.15, 0.2) is 5.82 Å². The topological polar surface area (TPSA) is 106 Å². The third-order valence-corrected chi connectivity index (χ3v) is 9.07. The molecular weight excluding hydrogens is 599 g/mol. The smallest absolute Gasteiger partial charge is 0.375 e. The van der Waals surface area contributed by atoms with Crippen LogP contribution in [-0.2, 0) is 28.7 Å². The predicted molar refractivity (Wildman–Crippen MR) is 161 cm³/mol. The van der Waals surface area contributed by atoms with Gasteiger partial charge in [-0.05, 0) is 69.2 Å². The van der Waals surface area contributed by atoms with Crippen molar-refractivity contribution >= 4 is 40.2 Å². The number of alkyl halides is 3. The normalized spacial score (nSPS) is 22.5. The number of aromatic nitrogens is 4. The maximum absolute atomic E-state index is 14.0. The molecule has 0 bridgehead atoms. The fourth-order valence-electron chi connectivity index (χ4n) is 6.52. The van der Waals surface area contributed by atoms with Gasteiger partial charge in [0.2, 0.25) is 11.7 Å². The van der Waals surface area contributed by atoms with Crippen molar-refractivity contribution in [2.45, 2.75) is 76.7 Å². The Morgan fingerprint density at radius 1 is 1.30 bits per heavy atom. The molecule has 3 aromatic rings. The maximum Gasteiger partial charge on any atom is 0.416 e. The first-order valence-corrected chi connectivity index (χ1v) is 15.4. The number of fused-ring (bicyclic) bond motifs is 1. The summed E-state index contributed by atoms with van der Waals surface area (Å²) in [5.74, 6) is 0.122. The summed E-state index contributed by atoms with van der Waals surface area (Å²) in [4.78, 5) is 34.2. The molecule has 2 saturated heterocycles. The average molecular weight is 634 g/mol. The molecule has 6 rings (SSSR count). The van der Waals surface area contributed by atoms with Gasteiger partial charge in [0.25, 0.3) is 5.56 Å². The molecule has 3 aliphatic rings. The molecule has 1 aliphatic carbocycles. The number of hydrogen-bond acceptors (Lipinski definition) is 7. The Hall–Kier alpha value is -3.42. The van der Waals surface area contributed by atoms with E-state index >= 15 is 0 Å². The lowest BCUT2D eigenvalue weighted by Crippen LogP contribution is -2.51. The van der Waals surface area contributed by atoms with Gasteiger partial charge < -0.3 is 24.8 Å². The third kappa shape index (κ3) is 5.84. The minimum absolute atomic E-state index is 0.0495. The van der Waals surface area contributed by atoms with Crippen LogP contribution < -0.4 is 21.1 Å². The Bertz CT molecular complexity index is 1680. The zero-order valence-electron chi connectivity index (χ0n) is 24.6. The lowest BCUT2D eigenvalue weighted by molar-refractivity contribution is -0.137. The summed E-state index contributed by atoms with van der Waals surface area (Å²) in [6.45, 7) is 6.34. The summed E-state index contributed by atoms with van der Waals surface area (Å²) in [6.07, 6.45) is 2.33. The number of ether oxygens (including phenoxy) is 1. The molecule has 1 aromatic carbocycles. The molecule has 0 radical (unpaired) electrons. The van der Waals surface area contributed by atoms with E-state index in [9.17, 15) is 22.8 Å². The average Bonchev–Trinajstić information content (AvgIpc) is 3.63. The van der Waals surface area contributed by atoms with Gasteiger partial charge in [-0.1, -0.05) is 24.6 Å². The molecule has 44 heavy (non-hydrogen) atoms. The number of halogens is 4. The summed E-state index contributed by atoms with van der Waals surface area (Å²) in [6, 6.07) is 2.92. The zero-order valence-corrected chi connectivity index (χ0v) is 25.4. The summed E-state index contributed by atoms with van der Waals surface area (Å²) in [5.41, 5.74) is 0.709. The SMILES string of the molecule is CCc1c(N2CCN[C@H](C)C2)c(=O)n2nc(C3=CCC4(CCCO4)CC3)nc2n1CC(=O)Nc1ccc(C(F)(F)F)cc1Cl. The predicted octanol–water partition coefficient (Wildman–Crippen LogP) is 4.68. The molecule has 1 spiro atoms. The molecule has 236 valence electrons. The van der Waals surface area contributed by atoms with Crippen LogP contribution in [0, 0.1) is 0 Å². The minimum atomic E-state index is -4.56. The Labute approximate surface area is 257 Å². The molecule has 2 atom stereocenters. The zero-order chi connectivity index (χ0) is 31.2. The van der Waals surface area contributed by atoms with Gasteiger partial charge in [0, 0.05) is 32.3 Å². The monoisotopic (exact) mass is 633 g/mol. The molecule has 2 fully saturated rings. The quantitative estimate of drug-likeness (QED) is 0.406. The number of allylic oxidation sites excluding steroid dienone is 1. The highest BCUT2D eigenvalue weighted by Gasteiger charge is 2.37. The molecule has 1 amide bonds. The second-order valence-corrected chi connectivity index (χ2v) is 12.2. The maximum atomic E-state index is 14.0. The summed E-state index contributed by atoms with van der Waals surface area (Å²) in [7, 11) is 0. The van der Waals surface area contributed by atoms with E-state index < -0.39 is 17.6 Å². The van der Waals surface area contributed by atoms with E-state index in [0.29, 0.717) is 49.7 Å². The van der Waals surface area contributed by atoms with Crippen molar-refractivity contribution in [1.82, 2.24) is 24.5 Å². The van der Waals surface area contributed by atoms with Gasteiger partial charge >= 0.3 is 6.18 Å². The van der Waals surface area contributed by atoms with Crippen LogP contribution in [0.5, 0.6) is 0 Å². The molecule has 2 aliphatic heterocycles. The Balaban J connectivity index is 1.39. The fourth-order valence-corrected chi connectivity index (χ4v) is 6.75. The van der Waals surface area contributed by atoms with E-state index in [-0.39, 0.29) is 40.2 Å². The van der Waals surface area contributed by atoms with E-state index in [1.165, 1.54) is 4.52 Å².